The SMILES string of the molecule is COC(=O)c1ccc(C(C)NC(=O)C2(NCCOc3cc(F)cc(F)c3)CCOCC2)cc1. The summed E-state index contributed by atoms with van der Waals surface area (Å²) in [6.07, 6.45) is 0.947. The van der Waals surface area contributed by atoms with Crippen molar-refractivity contribution in [2.24, 2.45) is 0 Å². The van der Waals surface area contributed by atoms with Crippen LogP contribution in [-0.2, 0) is 14.3 Å². The lowest BCUT2D eigenvalue weighted by Crippen LogP contribution is -2.60. The summed E-state index contributed by atoms with van der Waals surface area (Å²) in [4.78, 5) is 24.8. The van der Waals surface area contributed by atoms with Crippen molar-refractivity contribution in [3.8, 4) is 5.75 Å². The van der Waals surface area contributed by atoms with Gasteiger partial charge in [0, 0.05) is 38.0 Å². The van der Waals surface area contributed by atoms with Crippen LogP contribution in [0, 0.1) is 11.6 Å². The lowest BCUT2D eigenvalue weighted by molar-refractivity contribution is -0.132. The minimum Gasteiger partial charge on any atom is -0.492 e. The van der Waals surface area contributed by atoms with E-state index in [0.29, 0.717) is 38.2 Å². The Morgan fingerprint density at radius 1 is 1.09 bits per heavy atom. The molecule has 1 unspecified atom stereocenters. The van der Waals surface area contributed by atoms with Crippen LogP contribution in [-0.4, -0.2) is 50.9 Å². The van der Waals surface area contributed by atoms with Crippen LogP contribution in [0.15, 0.2) is 42.5 Å². The summed E-state index contributed by atoms with van der Waals surface area (Å²) >= 11 is 0. The molecule has 0 aliphatic carbocycles. The highest BCUT2D eigenvalue weighted by molar-refractivity contribution is 5.89. The smallest absolute Gasteiger partial charge is 0.337 e. The zero-order valence-electron chi connectivity index (χ0n) is 18.7. The van der Waals surface area contributed by atoms with Crippen LogP contribution in [0.5, 0.6) is 5.75 Å². The summed E-state index contributed by atoms with van der Waals surface area (Å²) in [7, 11) is 1.32. The van der Waals surface area contributed by atoms with Gasteiger partial charge < -0.3 is 19.5 Å². The molecule has 1 atom stereocenters. The summed E-state index contributed by atoms with van der Waals surface area (Å²) in [6.45, 7) is 3.15. The first-order chi connectivity index (χ1) is 15.8. The van der Waals surface area contributed by atoms with E-state index in [4.69, 9.17) is 14.2 Å². The van der Waals surface area contributed by atoms with Gasteiger partial charge in [0.2, 0.25) is 5.91 Å². The minimum absolute atomic E-state index is 0.0869. The standard InChI is InChI=1S/C24H28F2N2O5/c1-16(17-3-5-18(6-4-17)22(29)31-2)28-23(30)24(7-10-32-11-8-24)27-9-12-33-21-14-19(25)13-20(26)15-21/h3-6,13-16,27H,7-12H2,1-2H3,(H,28,30). The molecule has 2 aromatic rings. The van der Waals surface area contributed by atoms with Crippen molar-refractivity contribution >= 4 is 11.9 Å². The third-order valence-corrected chi connectivity index (χ3v) is 5.63. The number of amides is 1. The van der Waals surface area contributed by atoms with Crippen LogP contribution in [0.1, 0.15) is 41.7 Å². The van der Waals surface area contributed by atoms with Crippen LogP contribution in [0.3, 0.4) is 0 Å². The van der Waals surface area contributed by atoms with E-state index >= 15 is 0 Å². The van der Waals surface area contributed by atoms with E-state index < -0.39 is 23.1 Å². The molecule has 2 aromatic carbocycles. The molecule has 0 spiro atoms. The molecule has 178 valence electrons. The van der Waals surface area contributed by atoms with Crippen LogP contribution in [0.25, 0.3) is 0 Å². The third-order valence-electron chi connectivity index (χ3n) is 5.63. The van der Waals surface area contributed by atoms with E-state index in [1.165, 1.54) is 7.11 Å². The van der Waals surface area contributed by atoms with Crippen molar-refractivity contribution in [1.82, 2.24) is 10.6 Å². The molecule has 7 nitrogen and oxygen atoms in total. The third kappa shape index (κ3) is 6.49. The molecule has 1 heterocycles. The van der Waals surface area contributed by atoms with E-state index in [9.17, 15) is 18.4 Å². The lowest BCUT2D eigenvalue weighted by Gasteiger charge is -2.37. The number of methoxy groups -OCH3 is 1. The topological polar surface area (TPSA) is 85.9 Å². The first-order valence-corrected chi connectivity index (χ1v) is 10.7. The zero-order valence-corrected chi connectivity index (χ0v) is 18.7. The van der Waals surface area contributed by atoms with Gasteiger partial charge in [0.25, 0.3) is 0 Å². The number of nitrogens with one attached hydrogen (secondary N) is 2. The normalized spacial score (nSPS) is 16.0. The maximum Gasteiger partial charge on any atom is 0.337 e. The number of benzene rings is 2. The van der Waals surface area contributed by atoms with Crippen LogP contribution >= 0.6 is 0 Å². The molecular formula is C24H28F2N2O5. The number of esters is 1. The van der Waals surface area contributed by atoms with Crippen molar-refractivity contribution in [1.29, 1.82) is 0 Å². The molecule has 1 fully saturated rings. The second kappa shape index (κ2) is 11.2. The monoisotopic (exact) mass is 462 g/mol. The molecule has 0 radical (unpaired) electrons. The highest BCUT2D eigenvalue weighted by Gasteiger charge is 2.40. The van der Waals surface area contributed by atoms with Crippen molar-refractivity contribution in [2.75, 3.05) is 33.5 Å². The first-order valence-electron chi connectivity index (χ1n) is 10.7. The Bertz CT molecular complexity index is 942. The van der Waals surface area contributed by atoms with Gasteiger partial charge in [-0.2, -0.15) is 0 Å². The summed E-state index contributed by atoms with van der Waals surface area (Å²) in [5.41, 5.74) is 0.421. The van der Waals surface area contributed by atoms with E-state index in [-0.39, 0.29) is 24.3 Å². The Morgan fingerprint density at radius 3 is 2.33 bits per heavy atom. The number of carbonyl (C=O) groups is 2. The fourth-order valence-electron chi connectivity index (χ4n) is 3.72. The average Bonchev–Trinajstić information content (AvgIpc) is 2.81. The minimum atomic E-state index is -0.852. The van der Waals surface area contributed by atoms with E-state index in [1.807, 2.05) is 6.92 Å². The van der Waals surface area contributed by atoms with Gasteiger partial charge in [0.1, 0.15) is 29.5 Å². The molecular weight excluding hydrogens is 434 g/mol. The summed E-state index contributed by atoms with van der Waals surface area (Å²) in [5.74, 6) is -1.94. The molecule has 0 saturated carbocycles. The lowest BCUT2D eigenvalue weighted by atomic mass is 9.88. The highest BCUT2D eigenvalue weighted by atomic mass is 19.1. The van der Waals surface area contributed by atoms with Gasteiger partial charge in [-0.05, 0) is 37.5 Å². The van der Waals surface area contributed by atoms with Gasteiger partial charge in [-0.15, -0.1) is 0 Å². The molecule has 0 bridgehead atoms. The summed E-state index contributed by atoms with van der Waals surface area (Å²) < 4.78 is 42.2. The Labute approximate surface area is 191 Å². The van der Waals surface area contributed by atoms with Gasteiger partial charge in [0.05, 0.1) is 18.7 Å². The second-order valence-corrected chi connectivity index (χ2v) is 7.88. The van der Waals surface area contributed by atoms with Crippen molar-refractivity contribution in [3.05, 3.63) is 65.2 Å². The summed E-state index contributed by atoms with van der Waals surface area (Å²) in [5, 5.41) is 6.29. The van der Waals surface area contributed by atoms with E-state index in [0.717, 1.165) is 23.8 Å². The van der Waals surface area contributed by atoms with Crippen molar-refractivity contribution in [3.63, 3.8) is 0 Å². The van der Waals surface area contributed by atoms with Gasteiger partial charge in [0.15, 0.2) is 0 Å². The number of carbonyl (C=O) groups excluding carboxylic acids is 2. The van der Waals surface area contributed by atoms with Gasteiger partial charge in [-0.3, -0.25) is 10.1 Å². The zero-order chi connectivity index (χ0) is 23.8. The fraction of sp³-hybridized carbons (Fsp3) is 0.417. The molecule has 1 amide bonds. The van der Waals surface area contributed by atoms with Crippen LogP contribution in [0.4, 0.5) is 8.78 Å². The number of hydrogen-bond acceptors (Lipinski definition) is 6. The molecule has 1 aliphatic rings. The Kier molecular flexibility index (Phi) is 8.35. The molecule has 3 rings (SSSR count). The van der Waals surface area contributed by atoms with Gasteiger partial charge in [-0.1, -0.05) is 12.1 Å². The largest absolute Gasteiger partial charge is 0.492 e. The van der Waals surface area contributed by atoms with Gasteiger partial charge in [-0.25, -0.2) is 13.6 Å². The number of hydrogen-bond donors (Lipinski definition) is 2. The molecule has 9 heteroatoms. The van der Waals surface area contributed by atoms with Crippen molar-refractivity contribution < 1.29 is 32.6 Å². The fourth-order valence-corrected chi connectivity index (χ4v) is 3.72. The van der Waals surface area contributed by atoms with E-state index in [1.54, 1.807) is 24.3 Å². The quantitative estimate of drug-likeness (QED) is 0.440. The molecule has 1 saturated heterocycles. The highest BCUT2D eigenvalue weighted by Crippen LogP contribution is 2.23. The summed E-state index contributed by atoms with van der Waals surface area (Å²) in [6, 6.07) is 9.53. The second-order valence-electron chi connectivity index (χ2n) is 7.88. The van der Waals surface area contributed by atoms with Crippen LogP contribution in [0.2, 0.25) is 0 Å². The Morgan fingerprint density at radius 2 is 1.73 bits per heavy atom. The molecule has 33 heavy (non-hydrogen) atoms. The predicted octanol–water partition coefficient (Wildman–Crippen LogP) is 3.15. The maximum absolute atomic E-state index is 13.3. The predicted molar refractivity (Wildman–Crippen MR) is 117 cm³/mol. The number of ether oxygens (including phenoxy) is 3. The Hall–Kier alpha value is -3.04. The Balaban J connectivity index is 1.59. The number of rotatable bonds is 9. The maximum atomic E-state index is 13.3. The van der Waals surface area contributed by atoms with E-state index in [2.05, 4.69) is 10.6 Å². The van der Waals surface area contributed by atoms with Gasteiger partial charge >= 0.3 is 5.97 Å². The molecule has 1 aliphatic heterocycles. The van der Waals surface area contributed by atoms with Crippen molar-refractivity contribution in [2.45, 2.75) is 31.3 Å². The first kappa shape index (κ1) is 24.6. The average molecular weight is 462 g/mol. The molecule has 2 N–H and O–H groups in total. The van der Waals surface area contributed by atoms with Crippen LogP contribution < -0.4 is 15.4 Å². The molecule has 0 aromatic heterocycles. The number of halogens is 2.